The molecular formula is C14H17N7O. The molecule has 0 aromatic carbocycles. The Kier molecular flexibility index (Phi) is 3.28. The second-order valence-electron chi connectivity index (χ2n) is 5.37. The van der Waals surface area contributed by atoms with Gasteiger partial charge in [0.05, 0.1) is 17.3 Å². The molecule has 0 aliphatic rings. The molecule has 0 spiro atoms. The minimum atomic E-state index is -0.482. The maximum absolute atomic E-state index is 11.3. The van der Waals surface area contributed by atoms with Crippen LogP contribution in [0.4, 0.5) is 11.6 Å². The van der Waals surface area contributed by atoms with Crippen molar-refractivity contribution in [2.45, 2.75) is 19.9 Å². The zero-order valence-electron chi connectivity index (χ0n) is 12.6. The molecule has 3 heterocycles. The van der Waals surface area contributed by atoms with E-state index in [1.54, 1.807) is 36.3 Å². The molecule has 0 aliphatic heterocycles. The Hall–Kier alpha value is -2.90. The number of hydrogen-bond acceptors (Lipinski definition) is 5. The van der Waals surface area contributed by atoms with Gasteiger partial charge >= 0.3 is 0 Å². The van der Waals surface area contributed by atoms with Crippen LogP contribution < -0.4 is 11.1 Å². The van der Waals surface area contributed by atoms with Crippen molar-refractivity contribution in [3.8, 4) is 0 Å². The minimum absolute atomic E-state index is 0.207. The summed E-state index contributed by atoms with van der Waals surface area (Å²) < 4.78 is 3.49. The lowest BCUT2D eigenvalue weighted by Crippen LogP contribution is -2.14. The van der Waals surface area contributed by atoms with Crippen LogP contribution in [0.25, 0.3) is 11.0 Å². The molecule has 3 N–H and O–H groups in total. The van der Waals surface area contributed by atoms with E-state index in [9.17, 15) is 4.79 Å². The van der Waals surface area contributed by atoms with Crippen LogP contribution in [0.1, 0.15) is 30.4 Å². The van der Waals surface area contributed by atoms with E-state index < -0.39 is 5.91 Å². The van der Waals surface area contributed by atoms with Gasteiger partial charge in [0.15, 0.2) is 5.65 Å². The van der Waals surface area contributed by atoms with Gasteiger partial charge in [0, 0.05) is 25.5 Å². The minimum Gasteiger partial charge on any atom is -0.364 e. The maximum Gasteiger partial charge on any atom is 0.265 e. The molecule has 0 aliphatic carbocycles. The third kappa shape index (κ3) is 2.39. The Labute approximate surface area is 127 Å². The molecule has 0 saturated heterocycles. The first-order valence-electron chi connectivity index (χ1n) is 6.89. The summed E-state index contributed by atoms with van der Waals surface area (Å²) in [6.45, 7) is 4.08. The Morgan fingerprint density at radius 1 is 1.36 bits per heavy atom. The van der Waals surface area contributed by atoms with E-state index in [2.05, 4.69) is 20.4 Å². The molecule has 0 unspecified atom stereocenters. The third-order valence-electron chi connectivity index (χ3n) is 3.34. The Morgan fingerprint density at radius 3 is 2.77 bits per heavy atom. The summed E-state index contributed by atoms with van der Waals surface area (Å²) in [5, 5.41) is 8.26. The van der Waals surface area contributed by atoms with E-state index in [4.69, 9.17) is 5.73 Å². The summed E-state index contributed by atoms with van der Waals surface area (Å²) in [6.07, 6.45) is 5.22. The average molecular weight is 299 g/mol. The highest BCUT2D eigenvalue weighted by molar-refractivity contribution is 5.92. The lowest BCUT2D eigenvalue weighted by Gasteiger charge is -2.07. The largest absolute Gasteiger partial charge is 0.364 e. The molecule has 1 amide bonds. The Morgan fingerprint density at radius 2 is 2.14 bits per heavy atom. The van der Waals surface area contributed by atoms with Crippen LogP contribution in [0.2, 0.25) is 0 Å². The van der Waals surface area contributed by atoms with Gasteiger partial charge in [-0.3, -0.25) is 4.79 Å². The summed E-state index contributed by atoms with van der Waals surface area (Å²) >= 11 is 0. The van der Waals surface area contributed by atoms with Crippen molar-refractivity contribution in [1.29, 1.82) is 0 Å². The van der Waals surface area contributed by atoms with Crippen LogP contribution in [-0.2, 0) is 7.05 Å². The van der Waals surface area contributed by atoms with Crippen molar-refractivity contribution in [2.24, 2.45) is 12.8 Å². The highest BCUT2D eigenvalue weighted by Gasteiger charge is 2.11. The Balaban J connectivity index is 1.95. The van der Waals surface area contributed by atoms with Crippen LogP contribution in [0.15, 0.2) is 24.7 Å². The average Bonchev–Trinajstić information content (AvgIpc) is 3.02. The molecule has 3 rings (SSSR count). The number of aromatic nitrogens is 5. The second-order valence-corrected chi connectivity index (χ2v) is 5.37. The van der Waals surface area contributed by atoms with E-state index in [-0.39, 0.29) is 6.04 Å². The number of hydrogen-bond donors (Lipinski definition) is 2. The zero-order valence-corrected chi connectivity index (χ0v) is 12.6. The number of aryl methyl sites for hydroxylation is 1. The third-order valence-corrected chi connectivity index (χ3v) is 3.34. The van der Waals surface area contributed by atoms with E-state index in [0.29, 0.717) is 17.3 Å². The number of amides is 1. The van der Waals surface area contributed by atoms with Gasteiger partial charge in [0.2, 0.25) is 5.95 Å². The predicted molar refractivity (Wildman–Crippen MR) is 82.9 cm³/mol. The molecule has 0 radical (unpaired) electrons. The fourth-order valence-corrected chi connectivity index (χ4v) is 2.28. The first-order chi connectivity index (χ1) is 10.5. The van der Waals surface area contributed by atoms with E-state index in [0.717, 1.165) is 11.0 Å². The molecule has 3 aromatic heterocycles. The summed E-state index contributed by atoms with van der Waals surface area (Å²) in [5.41, 5.74) is 7.18. The highest BCUT2D eigenvalue weighted by Crippen LogP contribution is 2.20. The van der Waals surface area contributed by atoms with Crippen LogP contribution in [0, 0.1) is 0 Å². The number of nitrogens with two attached hydrogens (primary N) is 1. The second kappa shape index (κ2) is 5.14. The van der Waals surface area contributed by atoms with E-state index in [1.807, 2.05) is 18.5 Å². The number of carbonyl (C=O) groups is 1. The van der Waals surface area contributed by atoms with Gasteiger partial charge in [0.1, 0.15) is 5.69 Å². The van der Waals surface area contributed by atoms with Gasteiger partial charge in [-0.1, -0.05) is 0 Å². The fraction of sp³-hybridized carbons (Fsp3) is 0.286. The molecule has 22 heavy (non-hydrogen) atoms. The lowest BCUT2D eigenvalue weighted by atomic mass is 10.4. The zero-order chi connectivity index (χ0) is 15.9. The van der Waals surface area contributed by atoms with E-state index >= 15 is 0 Å². The molecule has 0 fully saturated rings. The van der Waals surface area contributed by atoms with Crippen LogP contribution in [-0.4, -0.2) is 30.2 Å². The van der Waals surface area contributed by atoms with Gasteiger partial charge in [-0.15, -0.1) is 0 Å². The Bertz CT molecular complexity index is 846. The van der Waals surface area contributed by atoms with Crippen LogP contribution >= 0.6 is 0 Å². The molecule has 3 aromatic rings. The van der Waals surface area contributed by atoms with Crippen molar-refractivity contribution < 1.29 is 4.79 Å². The van der Waals surface area contributed by atoms with Crippen molar-refractivity contribution in [3.05, 3.63) is 30.4 Å². The van der Waals surface area contributed by atoms with Crippen molar-refractivity contribution in [2.75, 3.05) is 5.32 Å². The topological polar surface area (TPSA) is 104 Å². The van der Waals surface area contributed by atoms with Gasteiger partial charge in [-0.25, -0.2) is 9.67 Å². The van der Waals surface area contributed by atoms with Crippen molar-refractivity contribution in [1.82, 2.24) is 24.3 Å². The molecule has 114 valence electrons. The first kappa shape index (κ1) is 14.1. The summed E-state index contributed by atoms with van der Waals surface area (Å²) in [5.74, 6) is -0.0404. The summed E-state index contributed by atoms with van der Waals surface area (Å²) in [4.78, 5) is 20.0. The predicted octanol–water partition coefficient (Wildman–Crippen LogP) is 1.59. The van der Waals surface area contributed by atoms with Gasteiger partial charge in [0.25, 0.3) is 5.91 Å². The molecular weight excluding hydrogens is 282 g/mol. The summed E-state index contributed by atoms with van der Waals surface area (Å²) in [7, 11) is 1.75. The smallest absolute Gasteiger partial charge is 0.265 e. The van der Waals surface area contributed by atoms with Gasteiger partial charge in [-0.2, -0.15) is 10.1 Å². The normalized spacial score (nSPS) is 11.3. The maximum atomic E-state index is 11.3. The SMILES string of the molecule is CC(C)n1ncc2cnc(Nc3cc(C(N)=O)n(C)c3)nc21. The van der Waals surface area contributed by atoms with Gasteiger partial charge in [-0.05, 0) is 19.9 Å². The number of primary amides is 1. The molecule has 8 nitrogen and oxygen atoms in total. The molecule has 0 bridgehead atoms. The quantitative estimate of drug-likeness (QED) is 0.761. The molecule has 0 saturated carbocycles. The van der Waals surface area contributed by atoms with Crippen LogP contribution in [0.5, 0.6) is 0 Å². The number of rotatable bonds is 4. The lowest BCUT2D eigenvalue weighted by molar-refractivity contribution is 0.0992. The molecule has 8 heteroatoms. The highest BCUT2D eigenvalue weighted by atomic mass is 16.1. The van der Waals surface area contributed by atoms with Crippen molar-refractivity contribution in [3.63, 3.8) is 0 Å². The number of anilines is 2. The number of nitrogens with one attached hydrogen (secondary N) is 1. The number of fused-ring (bicyclic) bond motifs is 1. The van der Waals surface area contributed by atoms with Crippen molar-refractivity contribution >= 4 is 28.6 Å². The first-order valence-corrected chi connectivity index (χ1v) is 6.89. The van der Waals surface area contributed by atoms with Crippen LogP contribution in [0.3, 0.4) is 0 Å². The molecule has 0 atom stereocenters. The summed E-state index contributed by atoms with van der Waals surface area (Å²) in [6, 6.07) is 1.87. The number of carbonyl (C=O) groups excluding carboxylic acids is 1. The number of nitrogens with zero attached hydrogens (tertiary/aromatic N) is 5. The fourth-order valence-electron chi connectivity index (χ4n) is 2.28. The monoisotopic (exact) mass is 299 g/mol. The standard InChI is InChI=1S/C14H17N7O/c1-8(2)21-13-9(6-17-21)5-16-14(19-13)18-10-4-11(12(15)22)20(3)7-10/h4-8H,1-3H3,(H2,15,22)(H,16,18,19). The van der Waals surface area contributed by atoms with E-state index in [1.165, 1.54) is 0 Å². The van der Waals surface area contributed by atoms with Gasteiger partial charge < -0.3 is 15.6 Å².